The topological polar surface area (TPSA) is 79.7 Å². The van der Waals surface area contributed by atoms with Gasteiger partial charge in [-0.15, -0.1) is 13.2 Å². The van der Waals surface area contributed by atoms with Crippen LogP contribution in [0.25, 0.3) is 0 Å². The quantitative estimate of drug-likeness (QED) is 0.610. The van der Waals surface area contributed by atoms with E-state index in [1.807, 2.05) is 4.90 Å². The number of β-amino-alcohol motifs (C(OH)–C–C–N with tert-alkyl or cyclic N) is 1. The largest absolute Gasteiger partial charge is 0.390 e. The van der Waals surface area contributed by atoms with Crippen molar-refractivity contribution >= 4 is 18.3 Å². The fraction of sp³-hybridized carbons (Fsp3) is 0.562. The van der Waals surface area contributed by atoms with Crippen molar-refractivity contribution in [3.63, 3.8) is 0 Å². The Balaban J connectivity index is 2.01. The number of rotatable bonds is 8. The Kier molecular flexibility index (Phi) is 5.74. The fourth-order valence-corrected chi connectivity index (χ4v) is 3.05. The lowest BCUT2D eigenvalue weighted by Crippen LogP contribution is -2.64. The number of hydrogen-bond donors (Lipinski definition) is 1. The lowest BCUT2D eigenvalue weighted by atomic mass is 10.1. The number of nitrogens with zero attached hydrogens (tertiary/aromatic N) is 5. The third-order valence-electron chi connectivity index (χ3n) is 4.24. The first kappa shape index (κ1) is 18.2. The lowest BCUT2D eigenvalue weighted by molar-refractivity contribution is -0.136. The zero-order chi connectivity index (χ0) is 17.9. The summed E-state index contributed by atoms with van der Waals surface area (Å²) in [5.74, 6) is -0.304. The molecule has 0 aromatic rings. The molecule has 0 radical (unpaired) electrons. The van der Waals surface area contributed by atoms with Gasteiger partial charge in [0.15, 0.2) is 12.2 Å². The van der Waals surface area contributed by atoms with Gasteiger partial charge in [-0.05, 0) is 0 Å². The number of amides is 3. The van der Waals surface area contributed by atoms with E-state index in [4.69, 9.17) is 0 Å². The fourth-order valence-electron chi connectivity index (χ4n) is 3.05. The molecule has 3 amide bonds. The molecule has 8 heteroatoms. The first-order valence-electron chi connectivity index (χ1n) is 7.86. The van der Waals surface area contributed by atoms with E-state index in [1.165, 1.54) is 11.9 Å². The summed E-state index contributed by atoms with van der Waals surface area (Å²) >= 11 is 0. The van der Waals surface area contributed by atoms with Gasteiger partial charge in [0, 0.05) is 40.3 Å². The maximum absolute atomic E-state index is 12.4. The number of aliphatic imine (C=N–C) groups is 1. The Bertz CT molecular complexity index is 540. The number of fused-ring (bicyclic) bond motifs is 1. The molecule has 2 aliphatic heterocycles. The molecule has 0 spiro atoms. The molecule has 0 aromatic carbocycles. The van der Waals surface area contributed by atoms with Crippen LogP contribution in [0, 0.1) is 0 Å². The molecule has 0 aromatic heterocycles. The molecule has 3 atom stereocenters. The molecule has 1 N–H and O–H groups in total. The smallest absolute Gasteiger partial charge is 0.328 e. The molecule has 0 saturated carbocycles. The van der Waals surface area contributed by atoms with Gasteiger partial charge in [-0.2, -0.15) is 0 Å². The SMILES string of the molecule is C=CCN(CC=C)C[C@H](O)CN1C=N[C@H]2[C@H]1C(=O)N(C)C(=O)N2C. The van der Waals surface area contributed by atoms with Crippen LogP contribution in [-0.4, -0.2) is 102 Å². The summed E-state index contributed by atoms with van der Waals surface area (Å²) in [4.78, 5) is 34.9. The van der Waals surface area contributed by atoms with Crippen molar-refractivity contribution < 1.29 is 14.7 Å². The molecule has 0 unspecified atom stereocenters. The van der Waals surface area contributed by atoms with Crippen LogP contribution >= 0.6 is 0 Å². The monoisotopic (exact) mass is 335 g/mol. The summed E-state index contributed by atoms with van der Waals surface area (Å²) in [6, 6.07) is -0.955. The molecule has 132 valence electrons. The highest BCUT2D eigenvalue weighted by atomic mass is 16.3. The second-order valence-corrected chi connectivity index (χ2v) is 6.06. The molecule has 8 nitrogen and oxygen atoms in total. The maximum Gasteiger partial charge on any atom is 0.328 e. The highest BCUT2D eigenvalue weighted by molar-refractivity contribution is 6.01. The van der Waals surface area contributed by atoms with Gasteiger partial charge >= 0.3 is 6.03 Å². The number of carbonyl (C=O) groups excluding carboxylic acids is 2. The summed E-state index contributed by atoms with van der Waals surface area (Å²) in [5, 5.41) is 10.4. The van der Waals surface area contributed by atoms with Crippen LogP contribution in [0.2, 0.25) is 0 Å². The van der Waals surface area contributed by atoms with E-state index in [0.29, 0.717) is 19.6 Å². The molecule has 0 aliphatic carbocycles. The minimum absolute atomic E-state index is 0.261. The number of carbonyl (C=O) groups is 2. The molecular weight excluding hydrogens is 310 g/mol. The third-order valence-corrected chi connectivity index (χ3v) is 4.24. The van der Waals surface area contributed by atoms with E-state index in [9.17, 15) is 14.7 Å². The Labute approximate surface area is 142 Å². The summed E-state index contributed by atoms with van der Waals surface area (Å²) < 4.78 is 0. The summed E-state index contributed by atoms with van der Waals surface area (Å²) in [6.45, 7) is 9.38. The van der Waals surface area contributed by atoms with Crippen LogP contribution < -0.4 is 0 Å². The van der Waals surface area contributed by atoms with Crippen molar-refractivity contribution in [2.45, 2.75) is 18.3 Å². The second kappa shape index (κ2) is 7.59. The number of urea groups is 1. The van der Waals surface area contributed by atoms with Crippen LogP contribution in [0.1, 0.15) is 0 Å². The van der Waals surface area contributed by atoms with Crippen LogP contribution in [0.5, 0.6) is 0 Å². The number of likely N-dealkylation sites (N-methyl/N-ethyl adjacent to an activating group) is 2. The van der Waals surface area contributed by atoms with Gasteiger partial charge in [0.25, 0.3) is 5.91 Å². The molecule has 24 heavy (non-hydrogen) atoms. The van der Waals surface area contributed by atoms with Gasteiger partial charge in [-0.3, -0.25) is 14.6 Å². The predicted octanol–water partition coefficient (Wildman–Crippen LogP) is -0.416. The van der Waals surface area contributed by atoms with Gasteiger partial charge in [0.05, 0.1) is 12.4 Å². The first-order valence-corrected chi connectivity index (χ1v) is 7.86. The van der Waals surface area contributed by atoms with Crippen LogP contribution in [0.3, 0.4) is 0 Å². The number of aliphatic hydroxyl groups excluding tert-OH is 1. The van der Waals surface area contributed by atoms with E-state index in [-0.39, 0.29) is 18.5 Å². The third kappa shape index (κ3) is 3.49. The maximum atomic E-state index is 12.4. The van der Waals surface area contributed by atoms with E-state index < -0.39 is 18.3 Å². The molecule has 1 saturated heterocycles. The minimum atomic E-state index is -0.670. The van der Waals surface area contributed by atoms with Crippen LogP contribution in [0.4, 0.5) is 4.79 Å². The van der Waals surface area contributed by atoms with Gasteiger partial charge in [0.2, 0.25) is 0 Å². The normalized spacial score (nSPS) is 24.6. The molecule has 2 heterocycles. The van der Waals surface area contributed by atoms with E-state index in [2.05, 4.69) is 18.2 Å². The average molecular weight is 335 g/mol. The number of imide groups is 1. The van der Waals surface area contributed by atoms with E-state index in [1.54, 1.807) is 30.4 Å². The second-order valence-electron chi connectivity index (χ2n) is 6.06. The zero-order valence-electron chi connectivity index (χ0n) is 14.2. The van der Waals surface area contributed by atoms with Crippen molar-refractivity contribution in [1.29, 1.82) is 0 Å². The van der Waals surface area contributed by atoms with Gasteiger partial charge in [-0.1, -0.05) is 12.2 Å². The Morgan fingerprint density at radius 2 is 1.96 bits per heavy atom. The highest BCUT2D eigenvalue weighted by Gasteiger charge is 2.48. The molecule has 2 aliphatic rings. The molecule has 2 rings (SSSR count). The average Bonchev–Trinajstić information content (AvgIpc) is 2.95. The summed E-state index contributed by atoms with van der Waals surface area (Å²) in [7, 11) is 3.08. The van der Waals surface area contributed by atoms with Crippen molar-refractivity contribution in [3.8, 4) is 0 Å². The summed E-state index contributed by atoms with van der Waals surface area (Å²) in [5.41, 5.74) is 0. The van der Waals surface area contributed by atoms with Gasteiger partial charge in [0.1, 0.15) is 0 Å². The molecule has 0 bridgehead atoms. The lowest BCUT2D eigenvalue weighted by Gasteiger charge is -2.40. The van der Waals surface area contributed by atoms with E-state index >= 15 is 0 Å². The summed E-state index contributed by atoms with van der Waals surface area (Å²) in [6.07, 6.45) is 3.88. The van der Waals surface area contributed by atoms with Crippen molar-refractivity contribution in [2.24, 2.45) is 4.99 Å². The standard InChI is InChI=1S/C16H25N5O3/c1-5-7-20(8-6-2)9-12(22)10-21-11-17-14-13(21)15(23)19(4)16(24)18(14)3/h5-6,11-14,22H,1-2,7-10H2,3-4H3/t12-,13-,14+/m0/s1. The van der Waals surface area contributed by atoms with Crippen LogP contribution in [-0.2, 0) is 4.79 Å². The number of hydrogen-bond acceptors (Lipinski definition) is 6. The highest BCUT2D eigenvalue weighted by Crippen LogP contribution is 2.24. The zero-order valence-corrected chi connectivity index (χ0v) is 14.2. The van der Waals surface area contributed by atoms with Gasteiger partial charge in [-0.25, -0.2) is 9.79 Å². The number of aliphatic hydroxyl groups is 1. The molecular formula is C16H25N5O3. The van der Waals surface area contributed by atoms with Crippen molar-refractivity contribution in [1.82, 2.24) is 19.6 Å². The Morgan fingerprint density at radius 3 is 2.54 bits per heavy atom. The Morgan fingerprint density at radius 1 is 1.33 bits per heavy atom. The first-order chi connectivity index (χ1) is 11.4. The Hall–Kier alpha value is -2.19. The van der Waals surface area contributed by atoms with Crippen molar-refractivity contribution in [2.75, 3.05) is 40.3 Å². The minimum Gasteiger partial charge on any atom is -0.390 e. The van der Waals surface area contributed by atoms with Gasteiger partial charge < -0.3 is 14.9 Å². The van der Waals surface area contributed by atoms with E-state index in [0.717, 1.165) is 4.90 Å². The molecule has 1 fully saturated rings. The van der Waals surface area contributed by atoms with Crippen LogP contribution in [0.15, 0.2) is 30.3 Å². The van der Waals surface area contributed by atoms with Crippen molar-refractivity contribution in [3.05, 3.63) is 25.3 Å². The predicted molar refractivity (Wildman–Crippen MR) is 91.5 cm³/mol.